The van der Waals surface area contributed by atoms with Gasteiger partial charge in [-0.05, 0) is 6.92 Å². The summed E-state index contributed by atoms with van der Waals surface area (Å²) in [5, 5.41) is 7.54. The van der Waals surface area contributed by atoms with Gasteiger partial charge in [0.25, 0.3) is 0 Å². The quantitative estimate of drug-likeness (QED) is 0.811. The molecule has 2 rings (SSSR count). The first-order chi connectivity index (χ1) is 7.25. The molecule has 0 unspecified atom stereocenters. The topological polar surface area (TPSA) is 55.9 Å². The first-order valence-corrected chi connectivity index (χ1v) is 4.83. The van der Waals surface area contributed by atoms with Gasteiger partial charge in [0.1, 0.15) is 5.76 Å². The second kappa shape index (κ2) is 4.27. The molecule has 5 nitrogen and oxygen atoms in total. The van der Waals surface area contributed by atoms with E-state index in [-0.39, 0.29) is 0 Å². The third-order valence-electron chi connectivity index (χ3n) is 2.21. The summed E-state index contributed by atoms with van der Waals surface area (Å²) in [7, 11) is 1.92. The smallest absolute Gasteiger partial charge is 0.180 e. The number of nitrogens with zero attached hydrogens (tertiary/aromatic N) is 3. The van der Waals surface area contributed by atoms with Crippen LogP contribution in [0.1, 0.15) is 17.0 Å². The van der Waals surface area contributed by atoms with Crippen LogP contribution < -0.4 is 5.32 Å². The van der Waals surface area contributed by atoms with Crippen LogP contribution in [0.3, 0.4) is 0 Å². The van der Waals surface area contributed by atoms with E-state index in [4.69, 9.17) is 4.42 Å². The molecule has 0 aliphatic carbocycles. The van der Waals surface area contributed by atoms with Crippen molar-refractivity contribution in [3.05, 3.63) is 35.8 Å². The fourth-order valence-electron chi connectivity index (χ4n) is 1.47. The molecular formula is C10H14N4O. The number of nitrogens with one attached hydrogen (secondary N) is 1. The molecule has 0 aliphatic heterocycles. The van der Waals surface area contributed by atoms with Gasteiger partial charge in [-0.2, -0.15) is 5.10 Å². The van der Waals surface area contributed by atoms with Gasteiger partial charge in [0.05, 0.1) is 18.4 Å². The minimum atomic E-state index is 0.689. The predicted octanol–water partition coefficient (Wildman–Crippen LogP) is 1.01. The number of rotatable bonds is 4. The lowest BCUT2D eigenvalue weighted by atomic mass is 10.2. The van der Waals surface area contributed by atoms with Crippen molar-refractivity contribution in [3.8, 4) is 0 Å². The van der Waals surface area contributed by atoms with Gasteiger partial charge in [-0.3, -0.25) is 4.68 Å². The van der Waals surface area contributed by atoms with Crippen LogP contribution in [0, 0.1) is 6.92 Å². The first kappa shape index (κ1) is 9.92. The van der Waals surface area contributed by atoms with Crippen LogP contribution in [-0.4, -0.2) is 14.8 Å². The fourth-order valence-corrected chi connectivity index (χ4v) is 1.47. The summed E-state index contributed by atoms with van der Waals surface area (Å²) >= 11 is 0. The van der Waals surface area contributed by atoms with Crippen LogP contribution in [0.25, 0.3) is 0 Å². The maximum absolute atomic E-state index is 5.11. The van der Waals surface area contributed by atoms with Gasteiger partial charge in [-0.15, -0.1) is 0 Å². The lowest BCUT2D eigenvalue weighted by Gasteiger charge is -2.00. The predicted molar refractivity (Wildman–Crippen MR) is 55.0 cm³/mol. The molecule has 2 heterocycles. The van der Waals surface area contributed by atoms with Crippen LogP contribution >= 0.6 is 0 Å². The minimum Gasteiger partial charge on any atom is -0.447 e. The lowest BCUT2D eigenvalue weighted by Crippen LogP contribution is -2.12. The number of hydrogen-bond acceptors (Lipinski definition) is 4. The molecule has 0 spiro atoms. The van der Waals surface area contributed by atoms with Crippen molar-refractivity contribution >= 4 is 0 Å². The number of aryl methyl sites for hydroxylation is 2. The van der Waals surface area contributed by atoms with Crippen LogP contribution in [0.4, 0.5) is 0 Å². The normalized spacial score (nSPS) is 10.8. The average molecular weight is 206 g/mol. The Morgan fingerprint density at radius 1 is 1.47 bits per heavy atom. The summed E-state index contributed by atoms with van der Waals surface area (Å²) in [6.07, 6.45) is 5.16. The Morgan fingerprint density at radius 2 is 2.33 bits per heavy atom. The standard InChI is InChI=1S/C10H14N4O/c1-8-9(6-14(2)13-8)3-11-4-10-5-12-7-15-10/h5-7,11H,3-4H2,1-2H3. The molecule has 0 saturated carbocycles. The van der Waals surface area contributed by atoms with Crippen molar-refractivity contribution in [1.82, 2.24) is 20.1 Å². The van der Waals surface area contributed by atoms with Gasteiger partial charge < -0.3 is 9.73 Å². The highest BCUT2D eigenvalue weighted by atomic mass is 16.3. The van der Waals surface area contributed by atoms with E-state index in [2.05, 4.69) is 15.4 Å². The molecule has 0 aromatic carbocycles. The zero-order valence-electron chi connectivity index (χ0n) is 8.90. The SMILES string of the molecule is Cc1nn(C)cc1CNCc1cnco1. The Hall–Kier alpha value is -1.62. The van der Waals surface area contributed by atoms with Crippen molar-refractivity contribution in [2.45, 2.75) is 20.0 Å². The molecule has 1 N–H and O–H groups in total. The van der Waals surface area contributed by atoms with E-state index in [9.17, 15) is 0 Å². The van der Waals surface area contributed by atoms with E-state index in [1.165, 1.54) is 12.0 Å². The molecule has 80 valence electrons. The molecule has 0 saturated heterocycles. The highest BCUT2D eigenvalue weighted by molar-refractivity contribution is 5.14. The molecule has 0 atom stereocenters. The lowest BCUT2D eigenvalue weighted by molar-refractivity contribution is 0.478. The summed E-state index contributed by atoms with van der Waals surface area (Å²) in [4.78, 5) is 3.85. The van der Waals surface area contributed by atoms with Gasteiger partial charge in [-0.25, -0.2) is 4.98 Å². The molecule has 0 radical (unpaired) electrons. The highest BCUT2D eigenvalue weighted by Crippen LogP contribution is 2.04. The second-order valence-electron chi connectivity index (χ2n) is 3.48. The van der Waals surface area contributed by atoms with E-state index < -0.39 is 0 Å². The van der Waals surface area contributed by atoms with Gasteiger partial charge in [0, 0.05) is 25.4 Å². The zero-order chi connectivity index (χ0) is 10.7. The minimum absolute atomic E-state index is 0.689. The maximum Gasteiger partial charge on any atom is 0.180 e. The van der Waals surface area contributed by atoms with E-state index in [1.54, 1.807) is 6.20 Å². The van der Waals surface area contributed by atoms with E-state index >= 15 is 0 Å². The van der Waals surface area contributed by atoms with Gasteiger partial charge in [0.15, 0.2) is 6.39 Å². The second-order valence-corrected chi connectivity index (χ2v) is 3.48. The third-order valence-corrected chi connectivity index (χ3v) is 2.21. The van der Waals surface area contributed by atoms with Crippen LogP contribution in [-0.2, 0) is 20.1 Å². The van der Waals surface area contributed by atoms with Crippen LogP contribution in [0.2, 0.25) is 0 Å². The van der Waals surface area contributed by atoms with E-state index in [0.29, 0.717) is 6.54 Å². The maximum atomic E-state index is 5.11. The third kappa shape index (κ3) is 2.44. The van der Waals surface area contributed by atoms with E-state index in [0.717, 1.165) is 18.0 Å². The average Bonchev–Trinajstić information content (AvgIpc) is 2.77. The Labute approximate surface area is 88.1 Å². The molecule has 0 amide bonds. The van der Waals surface area contributed by atoms with Crippen molar-refractivity contribution in [1.29, 1.82) is 0 Å². The van der Waals surface area contributed by atoms with Gasteiger partial charge >= 0.3 is 0 Å². The Morgan fingerprint density at radius 3 is 2.93 bits per heavy atom. The highest BCUT2D eigenvalue weighted by Gasteiger charge is 2.02. The largest absolute Gasteiger partial charge is 0.447 e. The summed E-state index contributed by atoms with van der Waals surface area (Å²) in [6, 6.07) is 0. The molecule has 15 heavy (non-hydrogen) atoms. The summed E-state index contributed by atoms with van der Waals surface area (Å²) in [5.74, 6) is 0.844. The molecule has 0 fully saturated rings. The monoisotopic (exact) mass is 206 g/mol. The Balaban J connectivity index is 1.86. The molecule has 0 aliphatic rings. The Kier molecular flexibility index (Phi) is 2.82. The van der Waals surface area contributed by atoms with Crippen LogP contribution in [0.15, 0.2) is 23.2 Å². The van der Waals surface area contributed by atoms with Gasteiger partial charge in [0.2, 0.25) is 0 Å². The van der Waals surface area contributed by atoms with Crippen molar-refractivity contribution in [2.75, 3.05) is 0 Å². The summed E-state index contributed by atoms with van der Waals surface area (Å²) in [5.41, 5.74) is 2.26. The molecule has 2 aromatic rings. The summed E-state index contributed by atoms with van der Waals surface area (Å²) < 4.78 is 6.93. The number of aromatic nitrogens is 3. The Bertz CT molecular complexity index is 419. The molecule has 2 aromatic heterocycles. The van der Waals surface area contributed by atoms with Crippen molar-refractivity contribution < 1.29 is 4.42 Å². The molecule has 5 heteroatoms. The van der Waals surface area contributed by atoms with E-state index in [1.807, 2.05) is 24.9 Å². The molecular weight excluding hydrogens is 192 g/mol. The molecule has 0 bridgehead atoms. The number of oxazole rings is 1. The summed E-state index contributed by atoms with van der Waals surface area (Å²) in [6.45, 7) is 3.49. The zero-order valence-corrected chi connectivity index (χ0v) is 8.90. The van der Waals surface area contributed by atoms with Crippen molar-refractivity contribution in [3.63, 3.8) is 0 Å². The van der Waals surface area contributed by atoms with Crippen molar-refractivity contribution in [2.24, 2.45) is 7.05 Å². The number of hydrogen-bond donors (Lipinski definition) is 1. The van der Waals surface area contributed by atoms with Gasteiger partial charge in [-0.1, -0.05) is 0 Å². The van der Waals surface area contributed by atoms with Crippen LogP contribution in [0.5, 0.6) is 0 Å². The first-order valence-electron chi connectivity index (χ1n) is 4.83. The fraction of sp³-hybridized carbons (Fsp3) is 0.400.